The van der Waals surface area contributed by atoms with Crippen LogP contribution in [-0.2, 0) is 4.74 Å². The molecule has 0 amide bonds. The number of carbonyl (C=O) groups excluding carboxylic acids is 1. The molecule has 0 bridgehead atoms. The minimum atomic E-state index is -0.433. The molecule has 0 unspecified atom stereocenters. The van der Waals surface area contributed by atoms with Crippen LogP contribution in [0, 0.1) is 18.3 Å². The summed E-state index contributed by atoms with van der Waals surface area (Å²) in [5.41, 5.74) is 1.41. The van der Waals surface area contributed by atoms with Gasteiger partial charge in [-0.3, -0.25) is 0 Å². The Balaban J connectivity index is 2.21. The molecule has 2 rings (SSSR count). The summed E-state index contributed by atoms with van der Waals surface area (Å²) in [4.78, 5) is 16.7. The third-order valence-corrected chi connectivity index (χ3v) is 3.81. The van der Waals surface area contributed by atoms with Crippen LogP contribution in [0.25, 0.3) is 0 Å². The predicted molar refractivity (Wildman–Crippen MR) is 82.3 cm³/mol. The smallest absolute Gasteiger partial charge is 0.358 e. The molecule has 0 aliphatic rings. The van der Waals surface area contributed by atoms with Crippen molar-refractivity contribution in [3.63, 3.8) is 0 Å². The van der Waals surface area contributed by atoms with Crippen molar-refractivity contribution in [2.24, 2.45) is 0 Å². The van der Waals surface area contributed by atoms with Crippen molar-refractivity contribution in [3.8, 4) is 6.07 Å². The van der Waals surface area contributed by atoms with E-state index in [2.05, 4.69) is 10.3 Å². The number of rotatable bonds is 4. The second kappa shape index (κ2) is 6.57. The number of halogens is 1. The van der Waals surface area contributed by atoms with Gasteiger partial charge in [-0.2, -0.15) is 5.26 Å². The first-order chi connectivity index (χ1) is 10.0. The Kier molecular flexibility index (Phi) is 4.78. The number of aryl methyl sites for hydroxylation is 1. The van der Waals surface area contributed by atoms with Crippen molar-refractivity contribution in [1.82, 2.24) is 4.98 Å². The molecule has 7 heteroatoms. The maximum Gasteiger partial charge on any atom is 0.358 e. The lowest BCUT2D eigenvalue weighted by molar-refractivity contribution is 0.0519. The number of hydrogen-bond acceptors (Lipinski definition) is 6. The Hall–Kier alpha value is -2.10. The average molecular weight is 322 g/mol. The van der Waals surface area contributed by atoms with Gasteiger partial charge in [0.1, 0.15) is 6.07 Å². The number of nitriles is 1. The number of ether oxygens (including phenoxy) is 1. The number of esters is 1. The van der Waals surface area contributed by atoms with Crippen molar-refractivity contribution in [3.05, 3.63) is 39.4 Å². The summed E-state index contributed by atoms with van der Waals surface area (Å²) in [7, 11) is 0. The fourth-order valence-electron chi connectivity index (χ4n) is 1.65. The maximum atomic E-state index is 11.7. The molecule has 108 valence electrons. The van der Waals surface area contributed by atoms with Crippen LogP contribution in [0.15, 0.2) is 18.2 Å². The van der Waals surface area contributed by atoms with Gasteiger partial charge >= 0.3 is 5.97 Å². The summed E-state index contributed by atoms with van der Waals surface area (Å²) in [6.45, 7) is 3.86. The Bertz CT molecular complexity index is 721. The summed E-state index contributed by atoms with van der Waals surface area (Å²) in [6, 6.07) is 6.98. The lowest BCUT2D eigenvalue weighted by atomic mass is 10.2. The van der Waals surface area contributed by atoms with Gasteiger partial charge in [0, 0.05) is 10.6 Å². The molecular weight excluding hydrogens is 310 g/mol. The molecule has 1 aromatic carbocycles. The predicted octanol–water partition coefficient (Wildman–Crippen LogP) is 3.90. The van der Waals surface area contributed by atoms with E-state index in [0.717, 1.165) is 4.88 Å². The van der Waals surface area contributed by atoms with Crippen LogP contribution in [0.1, 0.15) is 27.9 Å². The van der Waals surface area contributed by atoms with Gasteiger partial charge in [-0.25, -0.2) is 9.78 Å². The van der Waals surface area contributed by atoms with Gasteiger partial charge in [-0.1, -0.05) is 11.6 Å². The lowest BCUT2D eigenvalue weighted by Crippen LogP contribution is -2.06. The summed E-state index contributed by atoms with van der Waals surface area (Å²) in [5.74, 6) is -0.433. The van der Waals surface area contributed by atoms with E-state index >= 15 is 0 Å². The maximum absolute atomic E-state index is 11.7. The van der Waals surface area contributed by atoms with E-state index < -0.39 is 5.97 Å². The Morgan fingerprint density at radius 1 is 1.57 bits per heavy atom. The summed E-state index contributed by atoms with van der Waals surface area (Å²) in [6.07, 6.45) is 0. The molecule has 0 fully saturated rings. The number of thiazole rings is 1. The molecule has 0 saturated carbocycles. The van der Waals surface area contributed by atoms with Crippen molar-refractivity contribution < 1.29 is 9.53 Å². The molecule has 21 heavy (non-hydrogen) atoms. The third-order valence-electron chi connectivity index (χ3n) is 2.61. The first kappa shape index (κ1) is 15.3. The standard InChI is InChI=1S/C14H12ClN3O2S/c1-3-20-13(19)12-8(2)21-14(18-12)17-10-5-4-9(7-16)11(15)6-10/h4-6H,3H2,1-2H3,(H,17,18). The largest absolute Gasteiger partial charge is 0.461 e. The van der Waals surface area contributed by atoms with E-state index in [-0.39, 0.29) is 0 Å². The van der Waals surface area contributed by atoms with Crippen LogP contribution in [0.3, 0.4) is 0 Å². The van der Waals surface area contributed by atoms with Crippen LogP contribution in [0.4, 0.5) is 10.8 Å². The van der Waals surface area contributed by atoms with Gasteiger partial charge in [-0.05, 0) is 32.0 Å². The topological polar surface area (TPSA) is 75.0 Å². The molecule has 0 spiro atoms. The van der Waals surface area contributed by atoms with E-state index in [1.54, 1.807) is 32.0 Å². The summed E-state index contributed by atoms with van der Waals surface area (Å²) in [5, 5.41) is 12.8. The lowest BCUT2D eigenvalue weighted by Gasteiger charge is -2.03. The monoisotopic (exact) mass is 321 g/mol. The van der Waals surface area contributed by atoms with Crippen LogP contribution < -0.4 is 5.32 Å². The summed E-state index contributed by atoms with van der Waals surface area (Å²) >= 11 is 7.32. The number of nitrogens with zero attached hydrogens (tertiary/aromatic N) is 2. The highest BCUT2D eigenvalue weighted by Crippen LogP contribution is 2.28. The van der Waals surface area contributed by atoms with E-state index in [1.807, 2.05) is 6.07 Å². The number of aromatic nitrogens is 1. The molecule has 0 saturated heterocycles. The van der Waals surface area contributed by atoms with Gasteiger partial charge < -0.3 is 10.1 Å². The average Bonchev–Trinajstić information content (AvgIpc) is 2.80. The zero-order valence-electron chi connectivity index (χ0n) is 11.4. The molecular formula is C14H12ClN3O2S. The minimum Gasteiger partial charge on any atom is -0.461 e. The molecule has 0 aliphatic heterocycles. The van der Waals surface area contributed by atoms with E-state index in [4.69, 9.17) is 21.6 Å². The first-order valence-electron chi connectivity index (χ1n) is 6.16. The molecule has 2 aromatic rings. The zero-order valence-corrected chi connectivity index (χ0v) is 13.0. The quantitative estimate of drug-likeness (QED) is 0.864. The van der Waals surface area contributed by atoms with E-state index in [1.165, 1.54) is 11.3 Å². The molecule has 1 aromatic heterocycles. The number of hydrogen-bond donors (Lipinski definition) is 1. The number of carbonyl (C=O) groups is 1. The van der Waals surface area contributed by atoms with Crippen LogP contribution in [0.2, 0.25) is 5.02 Å². The van der Waals surface area contributed by atoms with Gasteiger partial charge in [0.05, 0.1) is 17.2 Å². The second-order valence-electron chi connectivity index (χ2n) is 4.08. The van der Waals surface area contributed by atoms with Crippen LogP contribution in [-0.4, -0.2) is 17.6 Å². The molecule has 1 heterocycles. The zero-order chi connectivity index (χ0) is 15.4. The highest BCUT2D eigenvalue weighted by atomic mass is 35.5. The number of anilines is 2. The van der Waals surface area contributed by atoms with Crippen molar-refractivity contribution in [2.45, 2.75) is 13.8 Å². The third kappa shape index (κ3) is 3.51. The minimum absolute atomic E-state index is 0.309. The summed E-state index contributed by atoms with van der Waals surface area (Å²) < 4.78 is 4.94. The van der Waals surface area contributed by atoms with E-state index in [9.17, 15) is 4.79 Å². The normalized spacial score (nSPS) is 10.0. The van der Waals surface area contributed by atoms with Gasteiger partial charge in [0.15, 0.2) is 10.8 Å². The van der Waals surface area contributed by atoms with Gasteiger partial charge in [0.25, 0.3) is 0 Å². The van der Waals surface area contributed by atoms with Crippen LogP contribution in [0.5, 0.6) is 0 Å². The first-order valence-corrected chi connectivity index (χ1v) is 7.35. The number of benzene rings is 1. The molecule has 1 N–H and O–H groups in total. The molecule has 0 radical (unpaired) electrons. The highest BCUT2D eigenvalue weighted by Gasteiger charge is 2.16. The highest BCUT2D eigenvalue weighted by molar-refractivity contribution is 7.15. The molecule has 5 nitrogen and oxygen atoms in total. The SMILES string of the molecule is CCOC(=O)c1nc(Nc2ccc(C#N)c(Cl)c2)sc1C. The van der Waals surface area contributed by atoms with Crippen molar-refractivity contribution in [1.29, 1.82) is 5.26 Å². The van der Waals surface area contributed by atoms with Crippen molar-refractivity contribution in [2.75, 3.05) is 11.9 Å². The van der Waals surface area contributed by atoms with Gasteiger partial charge in [-0.15, -0.1) is 11.3 Å². The Morgan fingerprint density at radius 2 is 2.33 bits per heavy atom. The second-order valence-corrected chi connectivity index (χ2v) is 5.69. The Morgan fingerprint density at radius 3 is 2.95 bits per heavy atom. The fourth-order valence-corrected chi connectivity index (χ4v) is 2.69. The number of nitrogens with one attached hydrogen (secondary N) is 1. The fraction of sp³-hybridized carbons (Fsp3) is 0.214. The molecule has 0 atom stereocenters. The van der Waals surface area contributed by atoms with E-state index in [0.29, 0.717) is 33.7 Å². The molecule has 0 aliphatic carbocycles. The van der Waals surface area contributed by atoms with Gasteiger partial charge in [0.2, 0.25) is 0 Å². The Labute approximate surface area is 131 Å². The van der Waals surface area contributed by atoms with Crippen LogP contribution >= 0.6 is 22.9 Å². The van der Waals surface area contributed by atoms with Crippen molar-refractivity contribution >= 4 is 39.7 Å².